The van der Waals surface area contributed by atoms with Gasteiger partial charge in [-0.05, 0) is 121 Å². The summed E-state index contributed by atoms with van der Waals surface area (Å²) in [5.74, 6) is 0.624. The zero-order chi connectivity index (χ0) is 50.3. The molecule has 1 aromatic rings. The molecule has 3 heterocycles. The van der Waals surface area contributed by atoms with Gasteiger partial charge in [0.15, 0.2) is 0 Å². The Labute approximate surface area is 404 Å². The third-order valence-electron chi connectivity index (χ3n) is 11.3. The van der Waals surface area contributed by atoms with Crippen molar-refractivity contribution in [1.82, 2.24) is 14.7 Å². The van der Waals surface area contributed by atoms with Crippen LogP contribution in [0.1, 0.15) is 257 Å². The molecule has 0 N–H and O–H groups in total. The number of hydrogen-bond acceptors (Lipinski definition) is 4. The Balaban J connectivity index is -0.000000217. The zero-order valence-corrected chi connectivity index (χ0v) is 47.6. The van der Waals surface area contributed by atoms with Crippen molar-refractivity contribution in [2.75, 3.05) is 39.3 Å². The number of likely N-dealkylation sites (tertiary alicyclic amines) is 3. The third kappa shape index (κ3) is 33.5. The summed E-state index contributed by atoms with van der Waals surface area (Å²) >= 11 is 0. The fourth-order valence-corrected chi connectivity index (χ4v) is 7.09. The van der Waals surface area contributed by atoms with Crippen molar-refractivity contribution in [3.05, 3.63) is 35.9 Å². The number of hydrogen-bond donors (Lipinski definition) is 0. The van der Waals surface area contributed by atoms with Crippen molar-refractivity contribution in [2.45, 2.75) is 274 Å². The van der Waals surface area contributed by atoms with Gasteiger partial charge in [0, 0.05) is 43.6 Å². The molecule has 0 bridgehead atoms. The van der Waals surface area contributed by atoms with Crippen LogP contribution < -0.4 is 0 Å². The number of benzene rings is 1. The van der Waals surface area contributed by atoms with Gasteiger partial charge < -0.3 is 19.4 Å². The van der Waals surface area contributed by atoms with Gasteiger partial charge in [-0.2, -0.15) is 0 Å². The van der Waals surface area contributed by atoms with E-state index in [0.29, 0.717) is 28.7 Å². The molecule has 0 spiro atoms. The average Bonchev–Trinajstić information content (AvgIpc) is 3.74. The van der Waals surface area contributed by atoms with Crippen molar-refractivity contribution in [3.63, 3.8) is 0 Å². The minimum atomic E-state index is -0.190. The Kier molecular flexibility index (Phi) is 40.2. The van der Waals surface area contributed by atoms with Crippen molar-refractivity contribution in [1.29, 1.82) is 0 Å². The number of amides is 2. The summed E-state index contributed by atoms with van der Waals surface area (Å²) in [7, 11) is 0. The van der Waals surface area contributed by atoms with Crippen LogP contribution in [0.15, 0.2) is 30.3 Å². The lowest BCUT2D eigenvalue weighted by molar-refractivity contribution is -0.139. The van der Waals surface area contributed by atoms with E-state index >= 15 is 0 Å². The maximum atomic E-state index is 11.6. The smallest absolute Gasteiger partial charge is 0.227 e. The van der Waals surface area contributed by atoms with Gasteiger partial charge in [0.25, 0.3) is 0 Å². The van der Waals surface area contributed by atoms with Crippen LogP contribution in [-0.2, 0) is 19.7 Å². The Hall–Kier alpha value is -1.92. The molecule has 0 aromatic heterocycles. The second-order valence-corrected chi connectivity index (χ2v) is 22.3. The van der Waals surface area contributed by atoms with Crippen LogP contribution in [0.5, 0.6) is 0 Å². The van der Waals surface area contributed by atoms with Gasteiger partial charge in [0.2, 0.25) is 11.8 Å². The SMILES string of the molecule is C.CC.CC.CC.CC.CC(C)(C)C(=O)N1CCCC1.CC(C)(C)C(C)(C)c1ccccc1.CC(C)(C)CN1CCC1.CC(C)(C)N1CCCCC1=O.CC(C)(C)OC1CCCCC1. The maximum absolute atomic E-state index is 11.6. The molecule has 1 aromatic carbocycles. The summed E-state index contributed by atoms with van der Waals surface area (Å²) in [6.45, 7) is 59.8. The number of piperidine rings is 1. The standard InChI is InChI=1S/C13H20.C10H20O.2C9H17NO.C8H17N.4C2H6.CH4/c1-12(2,3)13(4,5)11-9-7-6-8-10-11;1-10(2,3)11-9-7-5-4-6-8-9;1-9(2,3)8(11)10-6-4-5-7-10;1-9(2,3)10-7-5-4-6-8(10)11;1-8(2,3)7-9-5-4-6-9;4*1-2;/h6-10H,1-5H3;9H,4-8H2,1-3H3;2*4-7H2,1-3H3;4-7H2,1-3H3;4*1-2H3;1H4. The molecular weight excluding hydrogens is 787 g/mol. The fraction of sp³-hybridized carbons (Fsp3) is 0.862. The number of carbonyl (C=O) groups is 2. The molecule has 4 fully saturated rings. The minimum Gasteiger partial charge on any atom is -0.373 e. The van der Waals surface area contributed by atoms with Crippen LogP contribution in [-0.4, -0.2) is 83.0 Å². The molecule has 0 atom stereocenters. The van der Waals surface area contributed by atoms with E-state index in [0.717, 1.165) is 32.5 Å². The van der Waals surface area contributed by atoms with Gasteiger partial charge in [0.1, 0.15) is 0 Å². The first kappa shape index (κ1) is 71.1. The van der Waals surface area contributed by atoms with E-state index in [2.05, 4.69) is 132 Å². The summed E-state index contributed by atoms with van der Waals surface area (Å²) in [4.78, 5) is 29.4. The van der Waals surface area contributed by atoms with Crippen molar-refractivity contribution in [2.24, 2.45) is 16.2 Å². The lowest BCUT2D eigenvalue weighted by Gasteiger charge is -2.39. The van der Waals surface area contributed by atoms with Crippen LogP contribution in [0.4, 0.5) is 0 Å². The van der Waals surface area contributed by atoms with Crippen LogP contribution in [0, 0.1) is 16.2 Å². The lowest BCUT2D eigenvalue weighted by Crippen LogP contribution is -2.47. The predicted octanol–water partition coefficient (Wildman–Crippen LogP) is 17.1. The van der Waals surface area contributed by atoms with Crippen molar-refractivity contribution in [3.8, 4) is 0 Å². The Morgan fingerprint density at radius 3 is 1.31 bits per heavy atom. The first-order valence-electron chi connectivity index (χ1n) is 26.1. The number of rotatable bonds is 3. The Morgan fingerprint density at radius 2 is 1.02 bits per heavy atom. The highest BCUT2D eigenvalue weighted by Crippen LogP contribution is 2.40. The molecule has 1 saturated carbocycles. The van der Waals surface area contributed by atoms with Gasteiger partial charge in [-0.3, -0.25) is 9.59 Å². The van der Waals surface area contributed by atoms with Crippen molar-refractivity contribution < 1.29 is 14.3 Å². The molecule has 3 aliphatic heterocycles. The molecule has 0 unspecified atom stereocenters. The number of nitrogens with zero attached hydrogens (tertiary/aromatic N) is 3. The Morgan fingerprint density at radius 1 is 0.578 bits per heavy atom. The van der Waals surface area contributed by atoms with Gasteiger partial charge >= 0.3 is 0 Å². The van der Waals surface area contributed by atoms with Gasteiger partial charge in [0.05, 0.1) is 11.7 Å². The zero-order valence-electron chi connectivity index (χ0n) is 47.6. The van der Waals surface area contributed by atoms with E-state index in [1.54, 1.807) is 0 Å². The number of carbonyl (C=O) groups excluding carboxylic acids is 2. The largest absolute Gasteiger partial charge is 0.373 e. The Bertz CT molecular complexity index is 1210. The highest BCUT2D eigenvalue weighted by atomic mass is 16.5. The molecular formula is C58H119N3O3. The van der Waals surface area contributed by atoms with Gasteiger partial charge in [-0.15, -0.1) is 0 Å². The molecule has 6 nitrogen and oxygen atoms in total. The molecule has 1 aliphatic carbocycles. The molecule has 384 valence electrons. The molecule has 3 saturated heterocycles. The predicted molar refractivity (Wildman–Crippen MR) is 290 cm³/mol. The van der Waals surface area contributed by atoms with E-state index in [4.69, 9.17) is 4.74 Å². The minimum absolute atomic E-state index is 0. The maximum Gasteiger partial charge on any atom is 0.227 e. The number of ether oxygens (including phenoxy) is 1. The molecule has 5 rings (SSSR count). The molecule has 0 radical (unpaired) electrons. The summed E-state index contributed by atoms with van der Waals surface area (Å²) in [6.07, 6.45) is 14.0. The first-order chi connectivity index (χ1) is 29.0. The second-order valence-electron chi connectivity index (χ2n) is 22.3. The van der Waals surface area contributed by atoms with Crippen LogP contribution in [0.25, 0.3) is 0 Å². The summed E-state index contributed by atoms with van der Waals surface area (Å²) in [6, 6.07) is 10.7. The quantitative estimate of drug-likeness (QED) is 0.303. The van der Waals surface area contributed by atoms with Gasteiger partial charge in [-0.1, -0.05) is 189 Å². The average molecular weight is 907 g/mol. The molecule has 2 amide bonds. The molecule has 6 heteroatoms. The van der Waals surface area contributed by atoms with E-state index in [9.17, 15) is 9.59 Å². The molecule has 4 aliphatic rings. The van der Waals surface area contributed by atoms with Crippen molar-refractivity contribution >= 4 is 11.8 Å². The van der Waals surface area contributed by atoms with E-state index in [1.807, 2.05) is 86.0 Å². The highest BCUT2D eigenvalue weighted by Gasteiger charge is 2.34. The van der Waals surface area contributed by atoms with Crippen LogP contribution in [0.3, 0.4) is 0 Å². The van der Waals surface area contributed by atoms with E-state index < -0.39 is 0 Å². The van der Waals surface area contributed by atoms with Crippen LogP contribution >= 0.6 is 0 Å². The normalized spacial score (nSPS) is 16.7. The third-order valence-corrected chi connectivity index (χ3v) is 11.3. The highest BCUT2D eigenvalue weighted by molar-refractivity contribution is 5.81. The first-order valence-corrected chi connectivity index (χ1v) is 26.1. The van der Waals surface area contributed by atoms with Crippen LogP contribution in [0.2, 0.25) is 0 Å². The topological polar surface area (TPSA) is 53.1 Å². The molecule has 64 heavy (non-hydrogen) atoms. The fourth-order valence-electron chi connectivity index (χ4n) is 7.09. The summed E-state index contributed by atoms with van der Waals surface area (Å²) in [5, 5.41) is 0. The van der Waals surface area contributed by atoms with E-state index in [-0.39, 0.29) is 29.4 Å². The van der Waals surface area contributed by atoms with E-state index in [1.165, 1.54) is 83.0 Å². The van der Waals surface area contributed by atoms with Gasteiger partial charge in [-0.25, -0.2) is 0 Å². The monoisotopic (exact) mass is 906 g/mol. The summed E-state index contributed by atoms with van der Waals surface area (Å²) < 4.78 is 5.88. The summed E-state index contributed by atoms with van der Waals surface area (Å²) in [5.41, 5.74) is 2.34. The lowest BCUT2D eigenvalue weighted by atomic mass is 9.65. The second kappa shape index (κ2) is 36.2.